The first-order valence-electron chi connectivity index (χ1n) is 10.4. The third kappa shape index (κ3) is 5.55. The van der Waals surface area contributed by atoms with E-state index in [2.05, 4.69) is 0 Å². The van der Waals surface area contributed by atoms with Crippen molar-refractivity contribution in [2.45, 2.75) is 70.6 Å². The topological polar surface area (TPSA) is 78.6 Å². The normalized spacial score (nSPS) is 18.9. The number of hydrogen-bond acceptors (Lipinski definition) is 5. The van der Waals surface area contributed by atoms with Gasteiger partial charge in [0.15, 0.2) is 11.5 Å². The number of benzene rings is 1. The Morgan fingerprint density at radius 1 is 0.815 bits per heavy atom. The van der Waals surface area contributed by atoms with E-state index < -0.39 is 0 Å². The zero-order chi connectivity index (χ0) is 19.1. The van der Waals surface area contributed by atoms with Crippen LogP contribution in [-0.4, -0.2) is 18.5 Å². The molecule has 2 fully saturated rings. The van der Waals surface area contributed by atoms with Gasteiger partial charge in [-0.25, -0.2) is 0 Å². The summed E-state index contributed by atoms with van der Waals surface area (Å²) in [5.41, 5.74) is 6.63. The van der Waals surface area contributed by atoms with E-state index in [4.69, 9.17) is 15.2 Å². The number of hydrogen-bond donors (Lipinski definition) is 1. The van der Waals surface area contributed by atoms with Gasteiger partial charge in [0.25, 0.3) is 0 Å². The molecule has 2 aliphatic carbocycles. The molecule has 0 saturated heterocycles. The highest BCUT2D eigenvalue weighted by Crippen LogP contribution is 2.33. The lowest BCUT2D eigenvalue weighted by Gasteiger charge is -2.22. The Bertz CT molecular complexity index is 646. The molecule has 3 rings (SSSR count). The summed E-state index contributed by atoms with van der Waals surface area (Å²) >= 11 is 0. The predicted octanol–water partition coefficient (Wildman–Crippen LogP) is 4.16. The SMILES string of the molecule is NCCc1ccc(OC(=O)C2CCCCC2)c(OC(=O)C2CCCCC2)c1. The second-order valence-electron chi connectivity index (χ2n) is 7.83. The number of nitrogens with two attached hydrogens (primary N) is 1. The Morgan fingerprint density at radius 2 is 1.33 bits per heavy atom. The zero-order valence-corrected chi connectivity index (χ0v) is 16.1. The van der Waals surface area contributed by atoms with Gasteiger partial charge in [-0.1, -0.05) is 44.6 Å². The van der Waals surface area contributed by atoms with Crippen LogP contribution in [-0.2, 0) is 16.0 Å². The quantitative estimate of drug-likeness (QED) is 0.598. The third-order valence-electron chi connectivity index (χ3n) is 5.74. The van der Waals surface area contributed by atoms with Crippen LogP contribution in [0, 0.1) is 11.8 Å². The summed E-state index contributed by atoms with van der Waals surface area (Å²) in [5.74, 6) is 0.158. The van der Waals surface area contributed by atoms with E-state index in [0.717, 1.165) is 56.9 Å². The lowest BCUT2D eigenvalue weighted by molar-refractivity contribution is -0.142. The third-order valence-corrected chi connectivity index (χ3v) is 5.74. The molecule has 0 aromatic heterocycles. The number of esters is 2. The van der Waals surface area contributed by atoms with Crippen molar-refractivity contribution in [3.05, 3.63) is 23.8 Å². The van der Waals surface area contributed by atoms with Crippen LogP contribution in [0.2, 0.25) is 0 Å². The summed E-state index contributed by atoms with van der Waals surface area (Å²) in [6, 6.07) is 5.40. The van der Waals surface area contributed by atoms with E-state index in [1.807, 2.05) is 6.07 Å². The Labute approximate surface area is 161 Å². The van der Waals surface area contributed by atoms with E-state index in [1.165, 1.54) is 12.8 Å². The first kappa shape index (κ1) is 19.9. The lowest BCUT2D eigenvalue weighted by atomic mass is 9.89. The van der Waals surface area contributed by atoms with Gasteiger partial charge < -0.3 is 15.2 Å². The van der Waals surface area contributed by atoms with Crippen molar-refractivity contribution < 1.29 is 19.1 Å². The molecule has 148 valence electrons. The molecule has 0 radical (unpaired) electrons. The van der Waals surface area contributed by atoms with Gasteiger partial charge in [0.05, 0.1) is 11.8 Å². The van der Waals surface area contributed by atoms with Gasteiger partial charge in [-0.2, -0.15) is 0 Å². The Kier molecular flexibility index (Phi) is 7.27. The Morgan fingerprint density at radius 3 is 1.85 bits per heavy atom. The molecular formula is C22H31NO4. The van der Waals surface area contributed by atoms with Crippen LogP contribution in [0.5, 0.6) is 11.5 Å². The highest BCUT2D eigenvalue weighted by Gasteiger charge is 2.27. The maximum absolute atomic E-state index is 12.6. The summed E-state index contributed by atoms with van der Waals surface area (Å²) in [7, 11) is 0. The van der Waals surface area contributed by atoms with Crippen LogP contribution in [0.25, 0.3) is 0 Å². The smallest absolute Gasteiger partial charge is 0.314 e. The van der Waals surface area contributed by atoms with Crippen molar-refractivity contribution >= 4 is 11.9 Å². The van der Waals surface area contributed by atoms with Crippen LogP contribution in [0.3, 0.4) is 0 Å². The van der Waals surface area contributed by atoms with Crippen molar-refractivity contribution in [3.63, 3.8) is 0 Å². The molecule has 2 N–H and O–H groups in total. The van der Waals surface area contributed by atoms with E-state index in [1.54, 1.807) is 12.1 Å². The lowest BCUT2D eigenvalue weighted by Crippen LogP contribution is -2.25. The van der Waals surface area contributed by atoms with E-state index >= 15 is 0 Å². The summed E-state index contributed by atoms with van der Waals surface area (Å²) < 4.78 is 11.4. The molecule has 1 aromatic carbocycles. The minimum Gasteiger partial charge on any atom is -0.422 e. The number of rotatable bonds is 6. The molecule has 0 atom stereocenters. The van der Waals surface area contributed by atoms with E-state index in [0.29, 0.717) is 24.5 Å². The van der Waals surface area contributed by atoms with Crippen molar-refractivity contribution in [3.8, 4) is 11.5 Å². The van der Waals surface area contributed by atoms with Gasteiger partial charge >= 0.3 is 11.9 Å². The molecule has 1 aromatic rings. The molecule has 5 nitrogen and oxygen atoms in total. The largest absolute Gasteiger partial charge is 0.422 e. The van der Waals surface area contributed by atoms with Crippen molar-refractivity contribution in [1.29, 1.82) is 0 Å². The second-order valence-corrected chi connectivity index (χ2v) is 7.83. The Hall–Kier alpha value is -1.88. The van der Waals surface area contributed by atoms with Gasteiger partial charge in [0.1, 0.15) is 0 Å². The molecular weight excluding hydrogens is 342 g/mol. The highest BCUT2D eigenvalue weighted by molar-refractivity contribution is 5.78. The fraction of sp³-hybridized carbons (Fsp3) is 0.636. The predicted molar refractivity (Wildman–Crippen MR) is 104 cm³/mol. The van der Waals surface area contributed by atoms with Gasteiger partial charge in [-0.05, 0) is 56.3 Å². The standard InChI is InChI=1S/C22H31NO4/c23-14-13-16-11-12-19(26-21(24)17-7-3-1-4-8-17)20(15-16)27-22(25)18-9-5-2-6-10-18/h11-12,15,17-18H,1-10,13-14,23H2. The van der Waals surface area contributed by atoms with Gasteiger partial charge in [0.2, 0.25) is 0 Å². The Balaban J connectivity index is 1.73. The van der Waals surface area contributed by atoms with Crippen LogP contribution < -0.4 is 15.2 Å². The van der Waals surface area contributed by atoms with Gasteiger partial charge in [-0.15, -0.1) is 0 Å². The maximum atomic E-state index is 12.6. The van der Waals surface area contributed by atoms with Crippen molar-refractivity contribution in [1.82, 2.24) is 0 Å². The van der Waals surface area contributed by atoms with Gasteiger partial charge in [-0.3, -0.25) is 9.59 Å². The van der Waals surface area contributed by atoms with E-state index in [9.17, 15) is 9.59 Å². The monoisotopic (exact) mass is 373 g/mol. The summed E-state index contributed by atoms with van der Waals surface area (Å²) in [6.07, 6.45) is 10.8. The zero-order valence-electron chi connectivity index (χ0n) is 16.1. The maximum Gasteiger partial charge on any atom is 0.314 e. The summed E-state index contributed by atoms with van der Waals surface area (Å²) in [4.78, 5) is 25.1. The molecule has 27 heavy (non-hydrogen) atoms. The van der Waals surface area contributed by atoms with Crippen LogP contribution >= 0.6 is 0 Å². The molecule has 0 amide bonds. The molecule has 0 bridgehead atoms. The van der Waals surface area contributed by atoms with Crippen LogP contribution in [0.1, 0.15) is 69.8 Å². The average molecular weight is 373 g/mol. The molecule has 0 spiro atoms. The molecule has 2 saturated carbocycles. The molecule has 0 unspecified atom stereocenters. The number of carbonyl (C=O) groups is 2. The molecule has 0 aliphatic heterocycles. The first-order valence-corrected chi connectivity index (χ1v) is 10.4. The number of ether oxygens (including phenoxy) is 2. The van der Waals surface area contributed by atoms with Gasteiger partial charge in [0, 0.05) is 0 Å². The van der Waals surface area contributed by atoms with Crippen LogP contribution in [0.15, 0.2) is 18.2 Å². The minimum atomic E-state index is -0.213. The van der Waals surface area contributed by atoms with E-state index in [-0.39, 0.29) is 23.8 Å². The number of carbonyl (C=O) groups excluding carboxylic acids is 2. The fourth-order valence-electron chi connectivity index (χ4n) is 4.10. The summed E-state index contributed by atoms with van der Waals surface area (Å²) in [5, 5.41) is 0. The highest BCUT2D eigenvalue weighted by atomic mass is 16.6. The average Bonchev–Trinajstić information content (AvgIpc) is 2.71. The fourth-order valence-corrected chi connectivity index (χ4v) is 4.10. The minimum absolute atomic E-state index is 0.0515. The van der Waals surface area contributed by atoms with Crippen molar-refractivity contribution in [2.24, 2.45) is 17.6 Å². The van der Waals surface area contributed by atoms with Crippen LogP contribution in [0.4, 0.5) is 0 Å². The first-order chi connectivity index (χ1) is 13.2. The molecule has 5 heteroatoms. The molecule has 0 heterocycles. The summed E-state index contributed by atoms with van der Waals surface area (Å²) in [6.45, 7) is 0.511. The molecule has 2 aliphatic rings. The van der Waals surface area contributed by atoms with Crippen molar-refractivity contribution in [2.75, 3.05) is 6.54 Å². The second kappa shape index (κ2) is 9.88.